The zero-order chi connectivity index (χ0) is 24.1. The molecule has 0 saturated heterocycles. The Balaban J connectivity index is 1.62. The number of hydrogen-bond acceptors (Lipinski definition) is 9. The predicted octanol–water partition coefficient (Wildman–Crippen LogP) is 3.08. The van der Waals surface area contributed by atoms with E-state index in [2.05, 4.69) is 30.4 Å². The van der Waals surface area contributed by atoms with Gasteiger partial charge in [0.25, 0.3) is 5.91 Å². The fraction of sp³-hybridized carbons (Fsp3) is 0.273. The Labute approximate surface area is 200 Å². The minimum absolute atomic E-state index is 0.0147. The average Bonchev–Trinajstić information content (AvgIpc) is 3.26. The summed E-state index contributed by atoms with van der Waals surface area (Å²) >= 11 is 6.27. The molecule has 11 nitrogen and oxygen atoms in total. The molecule has 0 radical (unpaired) electrons. The number of amides is 1. The number of ether oxygens (including phenoxy) is 3. The zero-order valence-electron chi connectivity index (χ0n) is 18.7. The topological polar surface area (TPSA) is 126 Å². The van der Waals surface area contributed by atoms with E-state index in [1.165, 1.54) is 30.5 Å². The first-order chi connectivity index (χ1) is 16.5. The number of methoxy groups -OCH3 is 1. The van der Waals surface area contributed by atoms with Gasteiger partial charge in [0.1, 0.15) is 23.3 Å². The van der Waals surface area contributed by atoms with E-state index in [0.29, 0.717) is 33.4 Å². The van der Waals surface area contributed by atoms with E-state index in [9.17, 15) is 4.79 Å². The Morgan fingerprint density at radius 2 is 2.03 bits per heavy atom. The summed E-state index contributed by atoms with van der Waals surface area (Å²) in [5.74, 6) is 0.973. The second kappa shape index (κ2) is 10.4. The van der Waals surface area contributed by atoms with Gasteiger partial charge < -0.3 is 19.5 Å². The standard InChI is InChI=1S/C22H22ClN7O4/c1-13(2)33-11-17(21(31)29-18-9-14(32-3)6-8-24-18)34-22-15-10-28-30(19(15)26-12-27-22)20-16(23)5-4-7-25-20/h4-10,12-13,17H,11H2,1-3H3,(H,24,29,31)/t17-/m0/s1. The van der Waals surface area contributed by atoms with Crippen LogP contribution in [0.25, 0.3) is 16.9 Å². The van der Waals surface area contributed by atoms with Crippen LogP contribution in [0.1, 0.15) is 13.8 Å². The van der Waals surface area contributed by atoms with E-state index in [-0.39, 0.29) is 18.6 Å². The molecule has 0 fully saturated rings. The van der Waals surface area contributed by atoms with Crippen molar-refractivity contribution >= 4 is 34.4 Å². The van der Waals surface area contributed by atoms with Gasteiger partial charge in [0.15, 0.2) is 11.5 Å². The normalized spacial score (nSPS) is 12.0. The highest BCUT2D eigenvalue weighted by molar-refractivity contribution is 6.32. The number of carbonyl (C=O) groups is 1. The molecular weight excluding hydrogens is 462 g/mol. The van der Waals surface area contributed by atoms with Crippen molar-refractivity contribution in [2.75, 3.05) is 19.0 Å². The summed E-state index contributed by atoms with van der Waals surface area (Å²) in [5, 5.41) is 7.93. The monoisotopic (exact) mass is 483 g/mol. The van der Waals surface area contributed by atoms with Gasteiger partial charge in [0.05, 0.1) is 31.0 Å². The first-order valence-electron chi connectivity index (χ1n) is 10.3. The smallest absolute Gasteiger partial charge is 0.269 e. The Morgan fingerprint density at radius 1 is 1.18 bits per heavy atom. The van der Waals surface area contributed by atoms with Crippen LogP contribution in [0.2, 0.25) is 5.02 Å². The number of nitrogens with one attached hydrogen (secondary N) is 1. The number of anilines is 1. The molecule has 4 aromatic heterocycles. The quantitative estimate of drug-likeness (QED) is 0.382. The maximum absolute atomic E-state index is 13.0. The molecule has 0 bridgehead atoms. The third kappa shape index (κ3) is 5.21. The van der Waals surface area contributed by atoms with Crippen molar-refractivity contribution in [1.82, 2.24) is 29.7 Å². The van der Waals surface area contributed by atoms with Crippen LogP contribution in [0.3, 0.4) is 0 Å². The fourth-order valence-corrected chi connectivity index (χ4v) is 3.20. The minimum Gasteiger partial charge on any atom is -0.497 e. The number of fused-ring (bicyclic) bond motifs is 1. The molecule has 1 N–H and O–H groups in total. The summed E-state index contributed by atoms with van der Waals surface area (Å²) in [5.41, 5.74) is 0.420. The van der Waals surface area contributed by atoms with Gasteiger partial charge in [-0.15, -0.1) is 0 Å². The molecule has 0 spiro atoms. The molecule has 12 heteroatoms. The molecule has 0 aromatic carbocycles. The summed E-state index contributed by atoms with van der Waals surface area (Å²) in [6.07, 6.45) is 4.82. The largest absolute Gasteiger partial charge is 0.497 e. The Kier molecular flexibility index (Phi) is 7.14. The summed E-state index contributed by atoms with van der Waals surface area (Å²) in [6, 6.07) is 6.69. The molecule has 0 aliphatic rings. The number of halogens is 1. The number of carbonyl (C=O) groups excluding carboxylic acids is 1. The number of pyridine rings is 2. The molecule has 0 aliphatic carbocycles. The van der Waals surface area contributed by atoms with Crippen LogP contribution < -0.4 is 14.8 Å². The summed E-state index contributed by atoms with van der Waals surface area (Å²) in [4.78, 5) is 30.0. The molecule has 176 valence electrons. The number of hydrogen-bond donors (Lipinski definition) is 1. The summed E-state index contributed by atoms with van der Waals surface area (Å²) in [6.45, 7) is 3.71. The zero-order valence-corrected chi connectivity index (χ0v) is 19.4. The van der Waals surface area contributed by atoms with Crippen LogP contribution in [-0.4, -0.2) is 61.5 Å². The van der Waals surface area contributed by atoms with Gasteiger partial charge in [0, 0.05) is 18.5 Å². The van der Waals surface area contributed by atoms with Gasteiger partial charge in [-0.25, -0.2) is 19.9 Å². The lowest BCUT2D eigenvalue weighted by molar-refractivity contribution is -0.126. The van der Waals surface area contributed by atoms with Crippen LogP contribution in [-0.2, 0) is 9.53 Å². The van der Waals surface area contributed by atoms with Crippen LogP contribution in [0.5, 0.6) is 11.6 Å². The van der Waals surface area contributed by atoms with Crippen LogP contribution in [0.15, 0.2) is 49.2 Å². The highest BCUT2D eigenvalue weighted by Crippen LogP contribution is 2.26. The molecule has 34 heavy (non-hydrogen) atoms. The van der Waals surface area contributed by atoms with Crippen molar-refractivity contribution < 1.29 is 19.0 Å². The number of aromatic nitrogens is 6. The van der Waals surface area contributed by atoms with E-state index in [4.69, 9.17) is 25.8 Å². The molecule has 4 aromatic rings. The second-order valence-corrected chi connectivity index (χ2v) is 7.75. The Hall–Kier alpha value is -3.83. The van der Waals surface area contributed by atoms with Crippen molar-refractivity contribution in [3.63, 3.8) is 0 Å². The van der Waals surface area contributed by atoms with E-state index in [1.54, 1.807) is 30.5 Å². The van der Waals surface area contributed by atoms with Crippen LogP contribution >= 0.6 is 11.6 Å². The lowest BCUT2D eigenvalue weighted by atomic mass is 10.3. The van der Waals surface area contributed by atoms with Gasteiger partial charge >= 0.3 is 0 Å². The third-order valence-electron chi connectivity index (χ3n) is 4.61. The van der Waals surface area contributed by atoms with Crippen molar-refractivity contribution in [2.45, 2.75) is 26.1 Å². The summed E-state index contributed by atoms with van der Waals surface area (Å²) in [7, 11) is 1.53. The van der Waals surface area contributed by atoms with Crippen LogP contribution in [0, 0.1) is 0 Å². The van der Waals surface area contributed by atoms with Gasteiger partial charge in [-0.2, -0.15) is 9.78 Å². The lowest BCUT2D eigenvalue weighted by Crippen LogP contribution is -2.38. The van der Waals surface area contributed by atoms with Crippen molar-refractivity contribution in [1.29, 1.82) is 0 Å². The van der Waals surface area contributed by atoms with Crippen molar-refractivity contribution in [3.05, 3.63) is 54.2 Å². The molecule has 4 rings (SSSR count). The maximum Gasteiger partial charge on any atom is 0.269 e. The second-order valence-electron chi connectivity index (χ2n) is 7.34. The molecule has 0 saturated carbocycles. The van der Waals surface area contributed by atoms with E-state index in [1.807, 2.05) is 13.8 Å². The lowest BCUT2D eigenvalue weighted by Gasteiger charge is -2.19. The van der Waals surface area contributed by atoms with E-state index < -0.39 is 12.0 Å². The molecule has 0 unspecified atom stereocenters. The third-order valence-corrected chi connectivity index (χ3v) is 4.91. The fourth-order valence-electron chi connectivity index (χ4n) is 3.00. The average molecular weight is 484 g/mol. The van der Waals surface area contributed by atoms with Gasteiger partial charge in [-0.05, 0) is 32.0 Å². The molecule has 1 amide bonds. The Bertz CT molecular complexity index is 1300. The predicted molar refractivity (Wildman–Crippen MR) is 124 cm³/mol. The van der Waals surface area contributed by atoms with Crippen LogP contribution in [0.4, 0.5) is 5.82 Å². The van der Waals surface area contributed by atoms with E-state index >= 15 is 0 Å². The van der Waals surface area contributed by atoms with Gasteiger partial charge in [-0.3, -0.25) is 4.79 Å². The number of nitrogens with zero attached hydrogens (tertiary/aromatic N) is 6. The Morgan fingerprint density at radius 3 is 2.79 bits per heavy atom. The van der Waals surface area contributed by atoms with Crippen molar-refractivity contribution in [2.24, 2.45) is 0 Å². The molecule has 1 atom stereocenters. The molecule has 4 heterocycles. The summed E-state index contributed by atoms with van der Waals surface area (Å²) < 4.78 is 18.3. The first-order valence-corrected chi connectivity index (χ1v) is 10.7. The SMILES string of the molecule is COc1ccnc(NC(=O)[C@H](COC(C)C)Oc2ncnc3c2cnn3-c2ncccc2Cl)c1. The highest BCUT2D eigenvalue weighted by Gasteiger charge is 2.25. The minimum atomic E-state index is -1.03. The molecular formula is C22H22ClN7O4. The highest BCUT2D eigenvalue weighted by atomic mass is 35.5. The van der Waals surface area contributed by atoms with Gasteiger partial charge in [-0.1, -0.05) is 11.6 Å². The van der Waals surface area contributed by atoms with Gasteiger partial charge in [0.2, 0.25) is 12.0 Å². The maximum atomic E-state index is 13.0. The van der Waals surface area contributed by atoms with E-state index in [0.717, 1.165) is 0 Å². The first kappa shape index (κ1) is 23.3. The van der Waals surface area contributed by atoms with Crippen molar-refractivity contribution in [3.8, 4) is 17.4 Å². The molecule has 0 aliphatic heterocycles. The number of rotatable bonds is 9.